The van der Waals surface area contributed by atoms with Gasteiger partial charge in [0.2, 0.25) is 10.0 Å². The highest BCUT2D eigenvalue weighted by Gasteiger charge is 2.31. The Bertz CT molecular complexity index is 961. The maximum Gasteiger partial charge on any atom is 0.404 e. The molecule has 3 N–H and O–H groups in total. The van der Waals surface area contributed by atoms with E-state index in [2.05, 4.69) is 5.32 Å². The van der Waals surface area contributed by atoms with Crippen molar-refractivity contribution in [3.8, 4) is 0 Å². The van der Waals surface area contributed by atoms with Crippen LogP contribution in [0.25, 0.3) is 0 Å². The Balaban J connectivity index is 2.28. The Kier molecular flexibility index (Phi) is 8.73. The minimum Gasteiger partial charge on any atom is -0.465 e. The number of amides is 1. The van der Waals surface area contributed by atoms with Gasteiger partial charge in [-0.15, -0.1) is 0 Å². The third-order valence-corrected chi connectivity index (χ3v) is 6.53. The molecule has 0 radical (unpaired) electrons. The first-order valence-corrected chi connectivity index (χ1v) is 11.3. The molecule has 0 spiro atoms. The molecule has 0 aromatic heterocycles. The van der Waals surface area contributed by atoms with Crippen molar-refractivity contribution in [3.63, 3.8) is 0 Å². The number of carbonyl (C=O) groups is 2. The van der Waals surface area contributed by atoms with E-state index in [-0.39, 0.29) is 30.3 Å². The minimum atomic E-state index is -3.97. The fourth-order valence-electron chi connectivity index (χ4n) is 3.19. The highest BCUT2D eigenvalue weighted by molar-refractivity contribution is 7.89. The molecule has 0 aliphatic carbocycles. The molecule has 0 aliphatic heterocycles. The first-order valence-electron chi connectivity index (χ1n) is 9.90. The molecule has 2 rings (SSSR count). The smallest absolute Gasteiger partial charge is 0.404 e. The third-order valence-electron chi connectivity index (χ3n) is 4.69. The number of rotatable bonds is 11. The molecule has 168 valence electrons. The lowest BCUT2D eigenvalue weighted by molar-refractivity contribution is 0.0980. The molecule has 0 heterocycles. The highest BCUT2D eigenvalue weighted by atomic mass is 32.2. The Hall–Kier alpha value is -2.75. The second-order valence-corrected chi connectivity index (χ2v) is 9.65. The fourth-order valence-corrected chi connectivity index (χ4v) is 4.81. The SMILES string of the molecule is CC(C)CN(C[C@@H](O)[C@H](Cc1ccccc1)NC(=O)O)S(=O)(=O)c1ccc(C=O)cc1. The van der Waals surface area contributed by atoms with Crippen LogP contribution in [0.4, 0.5) is 4.79 Å². The molecule has 31 heavy (non-hydrogen) atoms. The summed E-state index contributed by atoms with van der Waals surface area (Å²) in [6, 6.07) is 13.7. The van der Waals surface area contributed by atoms with Gasteiger partial charge in [0.05, 0.1) is 17.0 Å². The maximum atomic E-state index is 13.2. The van der Waals surface area contributed by atoms with Crippen LogP contribution in [-0.4, -0.2) is 60.6 Å². The van der Waals surface area contributed by atoms with Crippen LogP contribution < -0.4 is 5.32 Å². The van der Waals surface area contributed by atoms with Crippen LogP contribution in [-0.2, 0) is 16.4 Å². The average molecular weight is 449 g/mol. The van der Waals surface area contributed by atoms with Crippen LogP contribution in [0.15, 0.2) is 59.5 Å². The lowest BCUT2D eigenvalue weighted by Gasteiger charge is -2.30. The van der Waals surface area contributed by atoms with E-state index in [1.54, 1.807) is 24.3 Å². The maximum absolute atomic E-state index is 13.2. The standard InChI is InChI=1S/C22H28N2O6S/c1-16(2)13-24(31(29,30)19-10-8-18(15-25)9-11-19)14-21(26)20(23-22(27)28)12-17-6-4-3-5-7-17/h3-11,15-16,20-21,23,26H,12-14H2,1-2H3,(H,27,28)/t20-,21+/m0/s1. The van der Waals surface area contributed by atoms with Crippen LogP contribution >= 0.6 is 0 Å². The van der Waals surface area contributed by atoms with E-state index in [1.807, 2.05) is 19.9 Å². The summed E-state index contributed by atoms with van der Waals surface area (Å²) in [5.74, 6) is -0.0313. The Morgan fingerprint density at radius 3 is 2.19 bits per heavy atom. The number of hydrogen-bond donors (Lipinski definition) is 3. The van der Waals surface area contributed by atoms with Crippen molar-refractivity contribution in [2.45, 2.75) is 37.3 Å². The summed E-state index contributed by atoms with van der Waals surface area (Å²) in [4.78, 5) is 22.1. The monoisotopic (exact) mass is 448 g/mol. The van der Waals surface area contributed by atoms with Crippen molar-refractivity contribution in [1.82, 2.24) is 9.62 Å². The van der Waals surface area contributed by atoms with E-state index < -0.39 is 28.3 Å². The number of carbonyl (C=O) groups excluding carboxylic acids is 1. The third kappa shape index (κ3) is 7.16. The Morgan fingerprint density at radius 1 is 1.06 bits per heavy atom. The summed E-state index contributed by atoms with van der Waals surface area (Å²) < 4.78 is 27.5. The van der Waals surface area contributed by atoms with Gasteiger partial charge in [-0.25, -0.2) is 13.2 Å². The number of nitrogens with one attached hydrogen (secondary N) is 1. The van der Waals surface area contributed by atoms with E-state index in [1.165, 1.54) is 24.3 Å². The summed E-state index contributed by atoms with van der Waals surface area (Å²) in [5.41, 5.74) is 1.16. The first-order chi connectivity index (χ1) is 14.6. The van der Waals surface area contributed by atoms with E-state index in [9.17, 15) is 28.2 Å². The number of carboxylic acid groups (broad SMARTS) is 1. The number of benzene rings is 2. The van der Waals surface area contributed by atoms with Gasteiger partial charge in [0, 0.05) is 18.7 Å². The normalized spacial score (nSPS) is 13.7. The van der Waals surface area contributed by atoms with Crippen molar-refractivity contribution in [2.24, 2.45) is 5.92 Å². The molecule has 2 atom stereocenters. The molecule has 0 saturated heterocycles. The van der Waals surface area contributed by atoms with E-state index in [4.69, 9.17) is 0 Å². The van der Waals surface area contributed by atoms with Gasteiger partial charge < -0.3 is 15.5 Å². The molecule has 0 aliphatic rings. The molecule has 0 unspecified atom stereocenters. The molecule has 0 fully saturated rings. The Morgan fingerprint density at radius 2 is 1.68 bits per heavy atom. The molecule has 9 heteroatoms. The number of sulfonamides is 1. The van der Waals surface area contributed by atoms with Crippen molar-refractivity contribution < 1.29 is 28.2 Å². The number of aliphatic hydroxyl groups is 1. The van der Waals surface area contributed by atoms with Crippen LogP contribution in [0.5, 0.6) is 0 Å². The molecule has 2 aromatic rings. The molecule has 1 amide bonds. The Labute approximate surface area is 182 Å². The summed E-state index contributed by atoms with van der Waals surface area (Å²) in [6.45, 7) is 3.55. The first kappa shape index (κ1) is 24.5. The van der Waals surface area contributed by atoms with Crippen molar-refractivity contribution in [1.29, 1.82) is 0 Å². The van der Waals surface area contributed by atoms with Crippen LogP contribution in [0, 0.1) is 5.92 Å². The van der Waals surface area contributed by atoms with Gasteiger partial charge in [-0.3, -0.25) is 4.79 Å². The largest absolute Gasteiger partial charge is 0.465 e. The topological polar surface area (TPSA) is 124 Å². The molecular weight excluding hydrogens is 420 g/mol. The van der Waals surface area contributed by atoms with Crippen LogP contribution in [0.3, 0.4) is 0 Å². The lowest BCUT2D eigenvalue weighted by atomic mass is 10.0. The van der Waals surface area contributed by atoms with Gasteiger partial charge in [-0.2, -0.15) is 4.31 Å². The van der Waals surface area contributed by atoms with Gasteiger partial charge >= 0.3 is 6.09 Å². The second kappa shape index (κ2) is 11.0. The van der Waals surface area contributed by atoms with E-state index in [0.717, 1.165) is 9.87 Å². The van der Waals surface area contributed by atoms with Crippen molar-refractivity contribution >= 4 is 22.4 Å². The van der Waals surface area contributed by atoms with Gasteiger partial charge in [0.25, 0.3) is 0 Å². The average Bonchev–Trinajstić information content (AvgIpc) is 2.73. The van der Waals surface area contributed by atoms with E-state index >= 15 is 0 Å². The molecule has 8 nitrogen and oxygen atoms in total. The zero-order valence-corrected chi connectivity index (χ0v) is 18.3. The zero-order valence-electron chi connectivity index (χ0n) is 17.5. The van der Waals surface area contributed by atoms with Crippen LogP contribution in [0.1, 0.15) is 29.8 Å². The number of aliphatic hydroxyl groups excluding tert-OH is 1. The predicted molar refractivity (Wildman–Crippen MR) is 117 cm³/mol. The second-order valence-electron chi connectivity index (χ2n) is 7.72. The summed E-state index contributed by atoms with van der Waals surface area (Å²) in [7, 11) is -3.97. The lowest BCUT2D eigenvalue weighted by Crippen LogP contribution is -2.50. The van der Waals surface area contributed by atoms with Crippen molar-refractivity contribution in [3.05, 3.63) is 65.7 Å². The molecule has 0 bridgehead atoms. The summed E-state index contributed by atoms with van der Waals surface area (Å²) in [5, 5.41) is 22.3. The highest BCUT2D eigenvalue weighted by Crippen LogP contribution is 2.19. The van der Waals surface area contributed by atoms with E-state index in [0.29, 0.717) is 11.8 Å². The van der Waals surface area contributed by atoms with Gasteiger partial charge in [-0.05, 0) is 30.0 Å². The number of hydrogen-bond acceptors (Lipinski definition) is 5. The molecular formula is C22H28N2O6S. The number of aldehydes is 1. The fraction of sp³-hybridized carbons (Fsp3) is 0.364. The van der Waals surface area contributed by atoms with Gasteiger partial charge in [-0.1, -0.05) is 56.3 Å². The van der Waals surface area contributed by atoms with Gasteiger partial charge in [0.15, 0.2) is 0 Å². The summed E-state index contributed by atoms with van der Waals surface area (Å²) in [6.07, 6.45) is -1.75. The molecule has 0 saturated carbocycles. The van der Waals surface area contributed by atoms with Crippen molar-refractivity contribution in [2.75, 3.05) is 13.1 Å². The molecule has 2 aromatic carbocycles. The van der Waals surface area contributed by atoms with Gasteiger partial charge in [0.1, 0.15) is 6.29 Å². The zero-order chi connectivity index (χ0) is 23.0. The quantitative estimate of drug-likeness (QED) is 0.454. The minimum absolute atomic E-state index is 0.00301. The number of nitrogens with zero attached hydrogens (tertiary/aromatic N) is 1. The predicted octanol–water partition coefficient (Wildman–Crippen LogP) is 2.39. The van der Waals surface area contributed by atoms with Crippen LogP contribution in [0.2, 0.25) is 0 Å². The summed E-state index contributed by atoms with van der Waals surface area (Å²) >= 11 is 0.